The van der Waals surface area contributed by atoms with Crippen LogP contribution in [0.15, 0.2) is 35.5 Å². The third-order valence-electron chi connectivity index (χ3n) is 12.6. The van der Waals surface area contributed by atoms with E-state index in [2.05, 4.69) is 45.1 Å². The summed E-state index contributed by atoms with van der Waals surface area (Å²) in [6.07, 6.45) is 15.9. The number of nitrogens with zero attached hydrogens (tertiary/aromatic N) is 1. The highest BCUT2D eigenvalue weighted by molar-refractivity contribution is 6.45. The minimum atomic E-state index is -0.251. The highest BCUT2D eigenvalue weighted by Crippen LogP contribution is 2.68. The van der Waals surface area contributed by atoms with Crippen molar-refractivity contribution in [2.75, 3.05) is 0 Å². The summed E-state index contributed by atoms with van der Waals surface area (Å²) < 4.78 is 0. The number of hydrogen-bond acceptors (Lipinski definition) is 3. The van der Waals surface area contributed by atoms with Gasteiger partial charge in [0.15, 0.2) is 5.71 Å². The van der Waals surface area contributed by atoms with Crippen LogP contribution < -0.4 is 5.32 Å². The molecule has 0 bridgehead atoms. The van der Waals surface area contributed by atoms with Crippen molar-refractivity contribution >= 4 is 11.6 Å². The van der Waals surface area contributed by atoms with Crippen LogP contribution >= 0.6 is 0 Å². The molecule has 1 amide bonds. The first-order chi connectivity index (χ1) is 18.7. The molecule has 4 fully saturated rings. The fraction of sp³-hybridized carbons (Fsp3) is 0.771. The van der Waals surface area contributed by atoms with Crippen LogP contribution in [0.5, 0.6) is 0 Å². The zero-order valence-electron chi connectivity index (χ0n) is 25.3. The maximum Gasteiger partial charge on any atom is 0.274 e. The van der Waals surface area contributed by atoms with Gasteiger partial charge in [0.2, 0.25) is 0 Å². The topological polar surface area (TPSA) is 61.7 Å². The Bertz CT molecular complexity index is 1020. The molecule has 4 aliphatic carbocycles. The molecule has 0 spiro atoms. The number of hydrogen-bond donors (Lipinski definition) is 2. The Hall–Kier alpha value is -1.84. The number of fused-ring (bicyclic) bond motifs is 5. The van der Waals surface area contributed by atoms with Gasteiger partial charge in [-0.2, -0.15) is 0 Å². The Labute approximate surface area is 237 Å². The molecule has 216 valence electrons. The monoisotopic (exact) mass is 534 g/mol. The van der Waals surface area contributed by atoms with E-state index in [0.29, 0.717) is 22.3 Å². The number of amides is 1. The van der Waals surface area contributed by atoms with E-state index in [1.54, 1.807) is 0 Å². The normalized spacial score (nSPS) is 39.0. The van der Waals surface area contributed by atoms with E-state index < -0.39 is 0 Å². The van der Waals surface area contributed by atoms with E-state index in [1.807, 2.05) is 30.3 Å². The minimum absolute atomic E-state index is 0.119. The summed E-state index contributed by atoms with van der Waals surface area (Å²) in [5, 5.41) is 16.2. The molecule has 0 heterocycles. The van der Waals surface area contributed by atoms with E-state index in [-0.39, 0.29) is 17.7 Å². The van der Waals surface area contributed by atoms with Crippen LogP contribution in [0, 0.1) is 52.3 Å². The minimum Gasteiger partial charge on any atom is -0.410 e. The molecule has 4 heteroatoms. The van der Waals surface area contributed by atoms with Crippen LogP contribution in [0.1, 0.15) is 117 Å². The van der Waals surface area contributed by atoms with Crippen molar-refractivity contribution in [3.8, 4) is 0 Å². The lowest BCUT2D eigenvalue weighted by Gasteiger charge is -2.61. The molecule has 1 unspecified atom stereocenters. The van der Waals surface area contributed by atoms with E-state index in [4.69, 9.17) is 0 Å². The predicted molar refractivity (Wildman–Crippen MR) is 160 cm³/mol. The number of carbonyl (C=O) groups is 1. The zero-order valence-corrected chi connectivity index (χ0v) is 25.3. The Balaban J connectivity index is 1.22. The van der Waals surface area contributed by atoms with Crippen molar-refractivity contribution in [2.45, 2.75) is 118 Å². The average molecular weight is 535 g/mol. The molecule has 5 rings (SSSR count). The first kappa shape index (κ1) is 28.7. The first-order valence-corrected chi connectivity index (χ1v) is 16.3. The standard InChI is InChI=1S/C35H54N2O2/c1-23(2)10-9-11-24(3)29-16-17-30-28-15-14-26-22-27(18-20-34(26,4)31(28)19-21-35(29,30)5)36-33(38)32(37-39)25-12-7-6-8-13-25/h6-8,12-13,23-24,26-31,39H,9-11,14-22H2,1-5H3,(H,36,38)/t24-,26?,27-,28+,29-,30+,31+,34+,35-/m1/s1. The Kier molecular flexibility index (Phi) is 8.51. The van der Waals surface area contributed by atoms with Gasteiger partial charge >= 0.3 is 0 Å². The van der Waals surface area contributed by atoms with Crippen LogP contribution in [-0.4, -0.2) is 22.9 Å². The first-order valence-electron chi connectivity index (χ1n) is 16.3. The number of nitrogens with one attached hydrogen (secondary N) is 1. The highest BCUT2D eigenvalue weighted by Gasteiger charge is 2.60. The van der Waals surface area contributed by atoms with Crippen LogP contribution in [0.2, 0.25) is 0 Å². The van der Waals surface area contributed by atoms with Crippen molar-refractivity contribution in [3.05, 3.63) is 35.9 Å². The second kappa shape index (κ2) is 11.6. The van der Waals surface area contributed by atoms with E-state index in [0.717, 1.165) is 48.3 Å². The van der Waals surface area contributed by atoms with Crippen molar-refractivity contribution in [3.63, 3.8) is 0 Å². The molecule has 4 nitrogen and oxygen atoms in total. The van der Waals surface area contributed by atoms with Crippen molar-refractivity contribution in [1.29, 1.82) is 0 Å². The molecule has 4 aliphatic rings. The molecule has 0 aromatic heterocycles. The molecule has 1 aromatic carbocycles. The van der Waals surface area contributed by atoms with Gasteiger partial charge in [0.1, 0.15) is 0 Å². The fourth-order valence-electron chi connectivity index (χ4n) is 10.5. The summed E-state index contributed by atoms with van der Waals surface area (Å²) in [6.45, 7) is 12.6. The summed E-state index contributed by atoms with van der Waals surface area (Å²) in [5.74, 6) is 5.70. The second-order valence-corrected chi connectivity index (χ2v) is 14.9. The largest absolute Gasteiger partial charge is 0.410 e. The molecule has 0 aliphatic heterocycles. The van der Waals surface area contributed by atoms with Crippen LogP contribution in [-0.2, 0) is 4.79 Å². The quantitative estimate of drug-likeness (QED) is 0.200. The second-order valence-electron chi connectivity index (χ2n) is 14.9. The van der Waals surface area contributed by atoms with Crippen molar-refractivity contribution in [1.82, 2.24) is 5.32 Å². The summed E-state index contributed by atoms with van der Waals surface area (Å²) in [5.41, 5.74) is 1.73. The number of oxime groups is 1. The SMILES string of the molecule is CC(C)CCC[C@@H](C)[C@H]1CC[C@H]2[C@@H]3CCC4C[C@H](NC(=O)C(=NO)c5ccccc5)CC[C@]4(C)[C@H]3CC[C@]12C. The lowest BCUT2D eigenvalue weighted by Crippen LogP contribution is -2.56. The van der Waals surface area contributed by atoms with Gasteiger partial charge < -0.3 is 10.5 Å². The van der Waals surface area contributed by atoms with E-state index in [9.17, 15) is 10.0 Å². The zero-order chi connectivity index (χ0) is 27.8. The number of benzene rings is 1. The van der Waals surface area contributed by atoms with Crippen molar-refractivity contribution < 1.29 is 10.0 Å². The van der Waals surface area contributed by atoms with Gasteiger partial charge in [0, 0.05) is 11.6 Å². The molecule has 4 saturated carbocycles. The van der Waals surface area contributed by atoms with Crippen molar-refractivity contribution in [2.24, 2.45) is 57.4 Å². The summed E-state index contributed by atoms with van der Waals surface area (Å²) in [4.78, 5) is 13.1. The van der Waals surface area contributed by atoms with Crippen LogP contribution in [0.25, 0.3) is 0 Å². The Morgan fingerprint density at radius 3 is 2.38 bits per heavy atom. The van der Waals surface area contributed by atoms with Gasteiger partial charge in [-0.15, -0.1) is 0 Å². The molecule has 0 radical (unpaired) electrons. The lowest BCUT2D eigenvalue weighted by atomic mass is 9.44. The molecule has 1 aromatic rings. The van der Waals surface area contributed by atoms with Crippen LogP contribution in [0.4, 0.5) is 0 Å². The molecule has 9 atom stereocenters. The molecular formula is C35H54N2O2. The third kappa shape index (κ3) is 5.43. The third-order valence-corrected chi connectivity index (χ3v) is 12.6. The fourth-order valence-corrected chi connectivity index (χ4v) is 10.5. The number of carbonyl (C=O) groups excluding carboxylic acids is 1. The van der Waals surface area contributed by atoms with Crippen LogP contribution in [0.3, 0.4) is 0 Å². The maximum absolute atomic E-state index is 13.1. The summed E-state index contributed by atoms with van der Waals surface area (Å²) >= 11 is 0. The van der Waals surface area contributed by atoms with Gasteiger partial charge in [-0.05, 0) is 110 Å². The lowest BCUT2D eigenvalue weighted by molar-refractivity contribution is -0.124. The van der Waals surface area contributed by atoms with Gasteiger partial charge in [-0.25, -0.2) is 0 Å². The average Bonchev–Trinajstić information content (AvgIpc) is 3.27. The predicted octanol–water partition coefficient (Wildman–Crippen LogP) is 8.47. The highest BCUT2D eigenvalue weighted by atomic mass is 16.4. The molecule has 0 saturated heterocycles. The summed E-state index contributed by atoms with van der Waals surface area (Å²) in [7, 11) is 0. The van der Waals surface area contributed by atoms with Gasteiger partial charge in [0.25, 0.3) is 5.91 Å². The Morgan fingerprint density at radius 2 is 1.67 bits per heavy atom. The van der Waals surface area contributed by atoms with Gasteiger partial charge in [-0.3, -0.25) is 4.79 Å². The van der Waals surface area contributed by atoms with E-state index >= 15 is 0 Å². The molecule has 2 N–H and O–H groups in total. The molecular weight excluding hydrogens is 480 g/mol. The maximum atomic E-state index is 13.1. The summed E-state index contributed by atoms with van der Waals surface area (Å²) in [6, 6.07) is 9.46. The smallest absolute Gasteiger partial charge is 0.274 e. The Morgan fingerprint density at radius 1 is 0.949 bits per heavy atom. The van der Waals surface area contributed by atoms with Gasteiger partial charge in [-0.1, -0.05) is 89.4 Å². The number of rotatable bonds is 8. The van der Waals surface area contributed by atoms with E-state index in [1.165, 1.54) is 64.2 Å². The molecule has 39 heavy (non-hydrogen) atoms. The van der Waals surface area contributed by atoms with Gasteiger partial charge in [0.05, 0.1) is 0 Å².